The summed E-state index contributed by atoms with van der Waals surface area (Å²) in [6.07, 6.45) is 9.85. The molecule has 33 heavy (non-hydrogen) atoms. The molecule has 1 aromatic carbocycles. The normalized spacial score (nSPS) is 19.6. The Hall–Kier alpha value is -2.92. The van der Waals surface area contributed by atoms with Gasteiger partial charge in [-0.05, 0) is 50.9 Å². The Kier molecular flexibility index (Phi) is 8.31. The fraction of sp³-hybridized carbons (Fsp3) is 0.600. The minimum atomic E-state index is 0.231. The van der Waals surface area contributed by atoms with Gasteiger partial charge >= 0.3 is 0 Å². The van der Waals surface area contributed by atoms with Crippen LogP contribution in [0.1, 0.15) is 58.3 Å². The van der Waals surface area contributed by atoms with Crippen molar-refractivity contribution in [3.8, 4) is 17.5 Å². The van der Waals surface area contributed by atoms with Crippen molar-refractivity contribution in [2.75, 3.05) is 42.1 Å². The van der Waals surface area contributed by atoms with Crippen LogP contribution < -0.4 is 16.0 Å². The van der Waals surface area contributed by atoms with Crippen LogP contribution in [0.25, 0.3) is 11.4 Å². The molecule has 176 valence electrons. The molecule has 1 aromatic heterocycles. The Bertz CT molecular complexity index is 932. The molecule has 8 nitrogen and oxygen atoms in total. The second-order valence-electron chi connectivity index (χ2n) is 9.00. The van der Waals surface area contributed by atoms with Crippen molar-refractivity contribution in [3.05, 3.63) is 24.3 Å². The van der Waals surface area contributed by atoms with Gasteiger partial charge in [0.25, 0.3) is 0 Å². The van der Waals surface area contributed by atoms with Crippen LogP contribution in [-0.2, 0) is 0 Å². The predicted molar refractivity (Wildman–Crippen MR) is 133 cm³/mol. The van der Waals surface area contributed by atoms with E-state index >= 15 is 0 Å². The highest BCUT2D eigenvalue weighted by atomic mass is 15.2. The number of aromatic nitrogens is 3. The molecular formula is C25H36N8. The van der Waals surface area contributed by atoms with Gasteiger partial charge in [0, 0.05) is 29.9 Å². The number of hydrogen-bond donors (Lipinski definition) is 3. The van der Waals surface area contributed by atoms with E-state index in [0.29, 0.717) is 29.8 Å². The molecule has 3 N–H and O–H groups in total. The Morgan fingerprint density at radius 2 is 1.76 bits per heavy atom. The molecule has 1 unspecified atom stereocenters. The molecule has 2 aromatic rings. The Labute approximate surface area is 197 Å². The zero-order valence-electron chi connectivity index (χ0n) is 19.7. The molecule has 1 saturated carbocycles. The molecule has 2 heterocycles. The summed E-state index contributed by atoms with van der Waals surface area (Å²) in [6.45, 7) is 5.52. The maximum absolute atomic E-state index is 9.02. The Balaban J connectivity index is 1.59. The third kappa shape index (κ3) is 6.32. The van der Waals surface area contributed by atoms with Crippen molar-refractivity contribution in [1.29, 1.82) is 5.26 Å². The Morgan fingerprint density at radius 3 is 2.55 bits per heavy atom. The lowest BCUT2D eigenvalue weighted by molar-refractivity contribution is 0.277. The summed E-state index contributed by atoms with van der Waals surface area (Å²) in [4.78, 5) is 16.8. The number of nitriles is 1. The summed E-state index contributed by atoms with van der Waals surface area (Å²) in [6, 6.07) is 10.9. The smallest absolute Gasteiger partial charge is 0.228 e. The van der Waals surface area contributed by atoms with E-state index in [-0.39, 0.29) is 6.54 Å². The van der Waals surface area contributed by atoms with Crippen LogP contribution >= 0.6 is 0 Å². The average molecular weight is 449 g/mol. The van der Waals surface area contributed by atoms with E-state index in [1.54, 1.807) is 0 Å². The van der Waals surface area contributed by atoms with E-state index in [2.05, 4.69) is 33.8 Å². The standard InChI is InChI=1S/C25H36N8/c1-2-33-17-9-12-20(33)18-28-24-30-23(21-13-7-8-14-22(21)27-16-15-26)31-25(32-24)29-19-10-5-3-4-6-11-19/h7-8,13-14,19-20,27H,2-6,9-12,16-18H2,1H3,(H2,28,29,30,31,32). The van der Waals surface area contributed by atoms with E-state index in [1.165, 1.54) is 38.5 Å². The van der Waals surface area contributed by atoms with Crippen LogP contribution in [-0.4, -0.2) is 58.1 Å². The highest BCUT2D eigenvalue weighted by Crippen LogP contribution is 2.27. The number of benzene rings is 1. The zero-order valence-corrected chi connectivity index (χ0v) is 19.7. The Morgan fingerprint density at radius 1 is 0.970 bits per heavy atom. The summed E-state index contributed by atoms with van der Waals surface area (Å²) < 4.78 is 0. The summed E-state index contributed by atoms with van der Waals surface area (Å²) in [5.74, 6) is 1.85. The summed E-state index contributed by atoms with van der Waals surface area (Å²) >= 11 is 0. The summed E-state index contributed by atoms with van der Waals surface area (Å²) in [5.41, 5.74) is 1.72. The fourth-order valence-electron chi connectivity index (χ4n) is 4.97. The number of nitrogens with one attached hydrogen (secondary N) is 3. The number of nitrogens with zero attached hydrogens (tertiary/aromatic N) is 5. The van der Waals surface area contributed by atoms with Gasteiger partial charge in [0.15, 0.2) is 5.82 Å². The van der Waals surface area contributed by atoms with Gasteiger partial charge in [-0.2, -0.15) is 20.2 Å². The molecule has 1 saturated heterocycles. The van der Waals surface area contributed by atoms with Crippen molar-refractivity contribution in [3.63, 3.8) is 0 Å². The van der Waals surface area contributed by atoms with Crippen molar-refractivity contribution in [2.45, 2.75) is 70.4 Å². The molecule has 1 aliphatic heterocycles. The maximum Gasteiger partial charge on any atom is 0.228 e. The minimum absolute atomic E-state index is 0.231. The first-order valence-corrected chi connectivity index (χ1v) is 12.5. The average Bonchev–Trinajstić information content (AvgIpc) is 3.16. The third-order valence-electron chi connectivity index (χ3n) is 6.75. The van der Waals surface area contributed by atoms with Crippen LogP contribution in [0.3, 0.4) is 0 Å². The lowest BCUT2D eigenvalue weighted by atomic mass is 10.1. The first-order valence-electron chi connectivity index (χ1n) is 12.5. The van der Waals surface area contributed by atoms with Crippen molar-refractivity contribution < 1.29 is 0 Å². The van der Waals surface area contributed by atoms with Gasteiger partial charge in [0.1, 0.15) is 6.54 Å². The van der Waals surface area contributed by atoms with Crippen molar-refractivity contribution in [2.24, 2.45) is 0 Å². The number of likely N-dealkylation sites (N-methyl/N-ethyl adjacent to an activating group) is 1. The molecule has 0 amide bonds. The molecule has 1 atom stereocenters. The van der Waals surface area contributed by atoms with Gasteiger partial charge in [-0.15, -0.1) is 0 Å². The third-order valence-corrected chi connectivity index (χ3v) is 6.75. The summed E-state index contributed by atoms with van der Waals surface area (Å²) in [5, 5.41) is 19.3. The zero-order chi connectivity index (χ0) is 22.9. The lowest BCUT2D eigenvalue weighted by Gasteiger charge is -2.23. The van der Waals surface area contributed by atoms with Gasteiger partial charge < -0.3 is 16.0 Å². The molecule has 0 spiro atoms. The van der Waals surface area contributed by atoms with Crippen LogP contribution in [0, 0.1) is 11.3 Å². The van der Waals surface area contributed by atoms with Gasteiger partial charge in [0.05, 0.1) is 6.07 Å². The molecule has 1 aliphatic carbocycles. The number of rotatable bonds is 9. The van der Waals surface area contributed by atoms with Gasteiger partial charge in [-0.3, -0.25) is 4.90 Å². The quantitative estimate of drug-likeness (QED) is 0.381. The molecule has 4 rings (SSSR count). The largest absolute Gasteiger partial charge is 0.372 e. The van der Waals surface area contributed by atoms with E-state index < -0.39 is 0 Å². The number of likely N-dealkylation sites (tertiary alicyclic amines) is 1. The van der Waals surface area contributed by atoms with Crippen LogP contribution in [0.15, 0.2) is 24.3 Å². The minimum Gasteiger partial charge on any atom is -0.372 e. The highest BCUT2D eigenvalue weighted by Gasteiger charge is 2.23. The van der Waals surface area contributed by atoms with Gasteiger partial charge in [-0.25, -0.2) is 0 Å². The summed E-state index contributed by atoms with van der Waals surface area (Å²) in [7, 11) is 0. The van der Waals surface area contributed by atoms with Gasteiger partial charge in [-0.1, -0.05) is 44.7 Å². The van der Waals surface area contributed by atoms with Crippen molar-refractivity contribution >= 4 is 17.6 Å². The van der Waals surface area contributed by atoms with E-state index in [1.807, 2.05) is 24.3 Å². The number of hydrogen-bond acceptors (Lipinski definition) is 8. The molecule has 2 fully saturated rings. The molecule has 8 heteroatoms. The van der Waals surface area contributed by atoms with Crippen LogP contribution in [0.4, 0.5) is 17.6 Å². The SMILES string of the molecule is CCN1CCCC1CNc1nc(NC2CCCCCC2)nc(-c2ccccc2NCC#N)n1. The lowest BCUT2D eigenvalue weighted by Crippen LogP contribution is -2.35. The van der Waals surface area contributed by atoms with Crippen LogP contribution in [0.2, 0.25) is 0 Å². The molecule has 0 radical (unpaired) electrons. The number of anilines is 3. The predicted octanol–water partition coefficient (Wildman–Crippen LogP) is 4.50. The fourth-order valence-corrected chi connectivity index (χ4v) is 4.97. The number of para-hydroxylation sites is 1. The van der Waals surface area contributed by atoms with Gasteiger partial charge in [0.2, 0.25) is 11.9 Å². The molecular weight excluding hydrogens is 412 g/mol. The monoisotopic (exact) mass is 448 g/mol. The van der Waals surface area contributed by atoms with E-state index in [9.17, 15) is 0 Å². The highest BCUT2D eigenvalue weighted by molar-refractivity contribution is 5.74. The second-order valence-corrected chi connectivity index (χ2v) is 9.00. The second kappa shape index (κ2) is 11.8. The van der Waals surface area contributed by atoms with Crippen molar-refractivity contribution in [1.82, 2.24) is 19.9 Å². The molecule has 0 bridgehead atoms. The first kappa shape index (κ1) is 23.2. The first-order chi connectivity index (χ1) is 16.3. The van der Waals surface area contributed by atoms with Crippen LogP contribution in [0.5, 0.6) is 0 Å². The topological polar surface area (TPSA) is 102 Å². The van der Waals surface area contributed by atoms with E-state index in [4.69, 9.17) is 20.2 Å². The van der Waals surface area contributed by atoms with E-state index in [0.717, 1.165) is 43.7 Å². The maximum atomic E-state index is 9.02. The molecule has 2 aliphatic rings.